The van der Waals surface area contributed by atoms with E-state index in [1.165, 1.54) is 17.7 Å². The second-order valence-corrected chi connectivity index (χ2v) is 7.93. The number of amides is 1. The lowest BCUT2D eigenvalue weighted by Crippen LogP contribution is -2.49. The molecule has 6 heteroatoms. The van der Waals surface area contributed by atoms with Crippen LogP contribution in [0.15, 0.2) is 78.9 Å². The largest absolute Gasteiger partial charge is 0.324 e. The number of rotatable bonds is 6. The van der Waals surface area contributed by atoms with E-state index >= 15 is 0 Å². The first kappa shape index (κ1) is 21.7. The zero-order chi connectivity index (χ0) is 22.3. The van der Waals surface area contributed by atoms with Crippen LogP contribution in [0.1, 0.15) is 22.7 Å². The number of nitriles is 1. The second-order valence-electron chi connectivity index (χ2n) is 7.93. The molecule has 3 aromatic rings. The molecule has 0 bridgehead atoms. The molecule has 0 aromatic heterocycles. The normalized spacial score (nSPS) is 15.6. The topological polar surface area (TPSA) is 59.4 Å². The van der Waals surface area contributed by atoms with Crippen molar-refractivity contribution in [2.45, 2.75) is 12.6 Å². The van der Waals surface area contributed by atoms with Gasteiger partial charge in [-0.05, 0) is 47.5 Å². The highest BCUT2D eigenvalue weighted by Gasteiger charge is 2.30. The number of hydrogen-bond acceptors (Lipinski definition) is 4. The van der Waals surface area contributed by atoms with Crippen molar-refractivity contribution in [2.24, 2.45) is 0 Å². The van der Waals surface area contributed by atoms with E-state index in [-0.39, 0.29) is 11.7 Å². The van der Waals surface area contributed by atoms with Crippen LogP contribution in [-0.4, -0.2) is 41.9 Å². The summed E-state index contributed by atoms with van der Waals surface area (Å²) in [7, 11) is 0. The first-order chi connectivity index (χ1) is 15.6. The quantitative estimate of drug-likeness (QED) is 0.640. The molecule has 1 aliphatic heterocycles. The van der Waals surface area contributed by atoms with E-state index in [1.54, 1.807) is 12.1 Å². The fourth-order valence-corrected chi connectivity index (χ4v) is 4.03. The molecule has 1 heterocycles. The van der Waals surface area contributed by atoms with Gasteiger partial charge < -0.3 is 5.32 Å². The van der Waals surface area contributed by atoms with Crippen molar-refractivity contribution in [3.63, 3.8) is 0 Å². The average Bonchev–Trinajstić information content (AvgIpc) is 2.83. The summed E-state index contributed by atoms with van der Waals surface area (Å²) in [4.78, 5) is 17.8. The van der Waals surface area contributed by atoms with Crippen molar-refractivity contribution in [3.05, 3.63) is 101 Å². The summed E-state index contributed by atoms with van der Waals surface area (Å²) < 4.78 is 13.2. The number of anilines is 1. The third kappa shape index (κ3) is 5.38. The summed E-state index contributed by atoms with van der Waals surface area (Å²) in [5, 5.41) is 11.9. The van der Waals surface area contributed by atoms with E-state index in [0.717, 1.165) is 38.3 Å². The number of piperazine rings is 1. The van der Waals surface area contributed by atoms with E-state index in [4.69, 9.17) is 5.26 Å². The first-order valence-corrected chi connectivity index (χ1v) is 10.7. The standard InChI is InChI=1S/C26H25FN4O/c27-23-10-12-24(13-11-23)29-26(32)25(22-4-2-1-3-5-22)31-16-14-30(15-17-31)19-21-8-6-20(18-28)7-9-21/h1-13,25H,14-17,19H2,(H,29,32)/t25-/m1/s1. The van der Waals surface area contributed by atoms with E-state index < -0.39 is 6.04 Å². The van der Waals surface area contributed by atoms with Gasteiger partial charge in [-0.15, -0.1) is 0 Å². The molecule has 1 saturated heterocycles. The number of benzene rings is 3. The third-order valence-corrected chi connectivity index (χ3v) is 5.74. The summed E-state index contributed by atoms with van der Waals surface area (Å²) in [5.74, 6) is -0.454. The maximum Gasteiger partial charge on any atom is 0.246 e. The number of carbonyl (C=O) groups is 1. The van der Waals surface area contributed by atoms with E-state index in [2.05, 4.69) is 21.2 Å². The molecule has 5 nitrogen and oxygen atoms in total. The van der Waals surface area contributed by atoms with E-state index in [0.29, 0.717) is 11.3 Å². The van der Waals surface area contributed by atoms with Gasteiger partial charge in [0.1, 0.15) is 11.9 Å². The number of halogens is 1. The average molecular weight is 429 g/mol. The van der Waals surface area contributed by atoms with Crippen LogP contribution in [0.5, 0.6) is 0 Å². The molecule has 0 spiro atoms. The highest BCUT2D eigenvalue weighted by molar-refractivity contribution is 5.95. The molecule has 4 rings (SSSR count). The van der Waals surface area contributed by atoms with Gasteiger partial charge in [0, 0.05) is 38.4 Å². The van der Waals surface area contributed by atoms with Crippen molar-refractivity contribution in [3.8, 4) is 6.07 Å². The Labute approximate surface area is 187 Å². The highest BCUT2D eigenvalue weighted by Crippen LogP contribution is 2.25. The second kappa shape index (κ2) is 10.2. The lowest BCUT2D eigenvalue weighted by Gasteiger charge is -2.38. The fraction of sp³-hybridized carbons (Fsp3) is 0.231. The van der Waals surface area contributed by atoms with Crippen molar-refractivity contribution in [2.75, 3.05) is 31.5 Å². The maximum atomic E-state index is 13.2. The molecule has 1 N–H and O–H groups in total. The van der Waals surface area contributed by atoms with E-state index in [1.807, 2.05) is 54.6 Å². The van der Waals surface area contributed by atoms with Crippen LogP contribution in [0.4, 0.5) is 10.1 Å². The number of carbonyl (C=O) groups excluding carboxylic acids is 1. The van der Waals surface area contributed by atoms with Crippen molar-refractivity contribution < 1.29 is 9.18 Å². The van der Waals surface area contributed by atoms with Gasteiger partial charge in [-0.1, -0.05) is 42.5 Å². The van der Waals surface area contributed by atoms with Gasteiger partial charge in [0.05, 0.1) is 11.6 Å². The van der Waals surface area contributed by atoms with Crippen molar-refractivity contribution in [1.82, 2.24) is 9.80 Å². The smallest absolute Gasteiger partial charge is 0.246 e. The Kier molecular flexibility index (Phi) is 6.90. The molecule has 3 aromatic carbocycles. The minimum Gasteiger partial charge on any atom is -0.324 e. The molecule has 0 unspecified atom stereocenters. The molecule has 32 heavy (non-hydrogen) atoms. The Hall–Kier alpha value is -3.53. The van der Waals surface area contributed by atoms with Gasteiger partial charge >= 0.3 is 0 Å². The lowest BCUT2D eigenvalue weighted by molar-refractivity contribution is -0.122. The minimum absolute atomic E-state index is 0.122. The predicted molar refractivity (Wildman–Crippen MR) is 122 cm³/mol. The summed E-state index contributed by atoms with van der Waals surface area (Å²) in [6, 6.07) is 25.0. The van der Waals surface area contributed by atoms with Crippen LogP contribution in [0.3, 0.4) is 0 Å². The summed E-state index contributed by atoms with van der Waals surface area (Å²) in [5.41, 5.74) is 3.35. The van der Waals surface area contributed by atoms with Crippen LogP contribution in [0, 0.1) is 17.1 Å². The van der Waals surface area contributed by atoms with Gasteiger partial charge in [-0.25, -0.2) is 4.39 Å². The highest BCUT2D eigenvalue weighted by atomic mass is 19.1. The Balaban J connectivity index is 1.43. The summed E-state index contributed by atoms with van der Waals surface area (Å²) in [6.45, 7) is 4.01. The van der Waals surface area contributed by atoms with Gasteiger partial charge in [0.2, 0.25) is 5.91 Å². The van der Waals surface area contributed by atoms with E-state index in [9.17, 15) is 9.18 Å². The Morgan fingerprint density at radius 3 is 2.22 bits per heavy atom. The molecular formula is C26H25FN4O. The molecule has 0 saturated carbocycles. The van der Waals surface area contributed by atoms with Crippen LogP contribution < -0.4 is 5.32 Å². The Bertz CT molecular complexity index is 1070. The molecule has 1 aliphatic rings. The molecule has 1 fully saturated rings. The number of nitrogens with one attached hydrogen (secondary N) is 1. The molecule has 0 aliphatic carbocycles. The van der Waals surface area contributed by atoms with Crippen molar-refractivity contribution >= 4 is 11.6 Å². The zero-order valence-electron chi connectivity index (χ0n) is 17.7. The Morgan fingerprint density at radius 1 is 0.938 bits per heavy atom. The first-order valence-electron chi connectivity index (χ1n) is 10.7. The molecule has 1 amide bonds. The van der Waals surface area contributed by atoms with Gasteiger partial charge in [0.15, 0.2) is 0 Å². The Morgan fingerprint density at radius 2 is 1.59 bits per heavy atom. The lowest BCUT2D eigenvalue weighted by atomic mass is 10.0. The van der Waals surface area contributed by atoms with Crippen LogP contribution in [-0.2, 0) is 11.3 Å². The van der Waals surface area contributed by atoms with Gasteiger partial charge in [-0.2, -0.15) is 5.26 Å². The number of hydrogen-bond donors (Lipinski definition) is 1. The van der Waals surface area contributed by atoms with Gasteiger partial charge in [-0.3, -0.25) is 14.6 Å². The SMILES string of the molecule is N#Cc1ccc(CN2CCN([C@@H](C(=O)Nc3ccc(F)cc3)c3ccccc3)CC2)cc1. The fourth-order valence-electron chi connectivity index (χ4n) is 4.03. The van der Waals surface area contributed by atoms with Gasteiger partial charge in [0.25, 0.3) is 0 Å². The monoisotopic (exact) mass is 428 g/mol. The van der Waals surface area contributed by atoms with Crippen molar-refractivity contribution in [1.29, 1.82) is 5.26 Å². The molecular weight excluding hydrogens is 403 g/mol. The van der Waals surface area contributed by atoms with Crippen LogP contribution >= 0.6 is 0 Å². The summed E-state index contributed by atoms with van der Waals surface area (Å²) in [6.07, 6.45) is 0. The predicted octanol–water partition coefficient (Wildman–Crippen LogP) is 4.19. The number of nitrogens with zero attached hydrogens (tertiary/aromatic N) is 3. The molecule has 1 atom stereocenters. The third-order valence-electron chi connectivity index (χ3n) is 5.74. The minimum atomic E-state index is -0.418. The zero-order valence-corrected chi connectivity index (χ0v) is 17.7. The maximum absolute atomic E-state index is 13.2. The van der Waals surface area contributed by atoms with Crippen LogP contribution in [0.2, 0.25) is 0 Å². The van der Waals surface area contributed by atoms with Crippen LogP contribution in [0.25, 0.3) is 0 Å². The molecule has 0 radical (unpaired) electrons. The molecule has 162 valence electrons. The summed E-state index contributed by atoms with van der Waals surface area (Å²) >= 11 is 0.